The standard InChI is InChI=1S/C18H17BrO4/c1-2-11-22-17-6-4-3-5-15(17)18(21)23-12-16(20)13-7-9-14(19)10-8-13/h3-10H,2,11-12H2,1H3. The van der Waals surface area contributed by atoms with Gasteiger partial charge in [-0.1, -0.05) is 47.1 Å². The molecule has 23 heavy (non-hydrogen) atoms. The van der Waals surface area contributed by atoms with Gasteiger partial charge >= 0.3 is 5.97 Å². The molecule has 0 atom stereocenters. The highest BCUT2D eigenvalue weighted by molar-refractivity contribution is 9.10. The van der Waals surface area contributed by atoms with Gasteiger partial charge in [0.05, 0.1) is 6.61 Å². The van der Waals surface area contributed by atoms with Gasteiger partial charge in [-0.2, -0.15) is 0 Å². The van der Waals surface area contributed by atoms with Crippen LogP contribution in [0.25, 0.3) is 0 Å². The zero-order valence-corrected chi connectivity index (χ0v) is 14.3. The maximum Gasteiger partial charge on any atom is 0.342 e. The molecule has 0 aromatic heterocycles. The van der Waals surface area contributed by atoms with Gasteiger partial charge in [-0.05, 0) is 30.7 Å². The molecule has 0 aliphatic heterocycles. The van der Waals surface area contributed by atoms with E-state index in [1.54, 1.807) is 48.5 Å². The Balaban J connectivity index is 1.99. The summed E-state index contributed by atoms with van der Waals surface area (Å²) in [5.41, 5.74) is 0.820. The normalized spacial score (nSPS) is 10.2. The quantitative estimate of drug-likeness (QED) is 0.534. The van der Waals surface area contributed by atoms with Crippen molar-refractivity contribution in [3.63, 3.8) is 0 Å². The van der Waals surface area contributed by atoms with Crippen LogP contribution >= 0.6 is 15.9 Å². The van der Waals surface area contributed by atoms with Crippen LogP contribution < -0.4 is 4.74 Å². The number of hydrogen-bond acceptors (Lipinski definition) is 4. The lowest BCUT2D eigenvalue weighted by Gasteiger charge is -2.10. The number of esters is 1. The summed E-state index contributed by atoms with van der Waals surface area (Å²) in [7, 11) is 0. The number of carbonyl (C=O) groups excluding carboxylic acids is 2. The highest BCUT2D eigenvalue weighted by atomic mass is 79.9. The smallest absolute Gasteiger partial charge is 0.342 e. The molecule has 0 aliphatic rings. The van der Waals surface area contributed by atoms with Gasteiger partial charge in [0.1, 0.15) is 11.3 Å². The second-order valence-electron chi connectivity index (χ2n) is 4.85. The third-order valence-corrected chi connectivity index (χ3v) is 3.60. The molecule has 0 saturated heterocycles. The third kappa shape index (κ3) is 4.93. The molecule has 4 nitrogen and oxygen atoms in total. The maximum absolute atomic E-state index is 12.2. The van der Waals surface area contributed by atoms with E-state index in [0.29, 0.717) is 23.5 Å². The summed E-state index contributed by atoms with van der Waals surface area (Å²) >= 11 is 3.31. The molecule has 0 radical (unpaired) electrons. The number of hydrogen-bond donors (Lipinski definition) is 0. The van der Waals surface area contributed by atoms with Gasteiger partial charge in [0, 0.05) is 10.0 Å². The van der Waals surface area contributed by atoms with Gasteiger partial charge in [-0.25, -0.2) is 4.79 Å². The monoisotopic (exact) mass is 376 g/mol. The third-order valence-electron chi connectivity index (χ3n) is 3.07. The van der Waals surface area contributed by atoms with E-state index in [1.807, 2.05) is 6.92 Å². The van der Waals surface area contributed by atoms with E-state index in [0.717, 1.165) is 10.9 Å². The second kappa shape index (κ2) is 8.48. The van der Waals surface area contributed by atoms with Crippen molar-refractivity contribution in [2.24, 2.45) is 0 Å². The molecule has 0 amide bonds. The minimum atomic E-state index is -0.567. The van der Waals surface area contributed by atoms with Gasteiger partial charge in [0.2, 0.25) is 0 Å². The van der Waals surface area contributed by atoms with E-state index in [2.05, 4.69) is 15.9 Å². The van der Waals surface area contributed by atoms with E-state index >= 15 is 0 Å². The van der Waals surface area contributed by atoms with E-state index < -0.39 is 5.97 Å². The predicted molar refractivity (Wildman–Crippen MR) is 91.0 cm³/mol. The molecule has 0 heterocycles. The molecular weight excluding hydrogens is 360 g/mol. The highest BCUT2D eigenvalue weighted by Crippen LogP contribution is 2.19. The van der Waals surface area contributed by atoms with Crippen LogP contribution in [0.5, 0.6) is 5.75 Å². The molecule has 2 rings (SSSR count). The Kier molecular flexibility index (Phi) is 6.35. The molecule has 0 unspecified atom stereocenters. The van der Waals surface area contributed by atoms with Crippen LogP contribution in [0.3, 0.4) is 0 Å². The first-order valence-electron chi connectivity index (χ1n) is 7.29. The number of carbonyl (C=O) groups is 2. The first kappa shape index (κ1) is 17.2. The van der Waals surface area contributed by atoms with Crippen LogP contribution in [0.1, 0.15) is 34.1 Å². The Bertz CT molecular complexity index is 680. The fourth-order valence-corrected chi connectivity index (χ4v) is 2.17. The average Bonchev–Trinajstić information content (AvgIpc) is 2.58. The molecule has 0 aliphatic carbocycles. The van der Waals surface area contributed by atoms with Crippen LogP contribution in [-0.2, 0) is 4.74 Å². The summed E-state index contributed by atoms with van der Waals surface area (Å²) < 4.78 is 11.5. The first-order valence-corrected chi connectivity index (χ1v) is 8.09. The second-order valence-corrected chi connectivity index (χ2v) is 5.77. The van der Waals surface area contributed by atoms with Gasteiger partial charge in [-0.3, -0.25) is 4.79 Å². The number of Topliss-reactive ketones (excluding diaryl/α,β-unsaturated/α-hetero) is 1. The van der Waals surface area contributed by atoms with Crippen molar-refractivity contribution in [1.82, 2.24) is 0 Å². The van der Waals surface area contributed by atoms with Crippen molar-refractivity contribution < 1.29 is 19.1 Å². The van der Waals surface area contributed by atoms with Gasteiger partial charge in [0.25, 0.3) is 0 Å². The molecule has 0 bridgehead atoms. The Morgan fingerprint density at radius 1 is 1.04 bits per heavy atom. The van der Waals surface area contributed by atoms with Crippen molar-refractivity contribution in [1.29, 1.82) is 0 Å². The Hall–Kier alpha value is -2.14. The molecule has 2 aromatic rings. The maximum atomic E-state index is 12.2. The minimum Gasteiger partial charge on any atom is -0.493 e. The lowest BCUT2D eigenvalue weighted by atomic mass is 10.1. The van der Waals surface area contributed by atoms with E-state index in [4.69, 9.17) is 9.47 Å². The molecule has 0 N–H and O–H groups in total. The van der Waals surface area contributed by atoms with Crippen molar-refractivity contribution in [3.05, 3.63) is 64.1 Å². The summed E-state index contributed by atoms with van der Waals surface area (Å²) in [5.74, 6) is -0.351. The van der Waals surface area contributed by atoms with Crippen molar-refractivity contribution in [2.75, 3.05) is 13.2 Å². The van der Waals surface area contributed by atoms with Crippen molar-refractivity contribution >= 4 is 27.7 Å². The van der Waals surface area contributed by atoms with Crippen LogP contribution in [0, 0.1) is 0 Å². The van der Waals surface area contributed by atoms with Crippen molar-refractivity contribution in [2.45, 2.75) is 13.3 Å². The fourth-order valence-electron chi connectivity index (χ4n) is 1.90. The predicted octanol–water partition coefficient (Wildman–Crippen LogP) is 4.28. The van der Waals surface area contributed by atoms with E-state index in [9.17, 15) is 9.59 Å². The largest absolute Gasteiger partial charge is 0.493 e. The number of ketones is 1. The first-order chi connectivity index (χ1) is 11.1. The number of ether oxygens (including phenoxy) is 2. The zero-order valence-electron chi connectivity index (χ0n) is 12.8. The molecular formula is C18H17BrO4. The zero-order chi connectivity index (χ0) is 16.7. The SMILES string of the molecule is CCCOc1ccccc1C(=O)OCC(=O)c1ccc(Br)cc1. The number of halogens is 1. The van der Waals surface area contributed by atoms with Crippen LogP contribution in [-0.4, -0.2) is 25.0 Å². The fraction of sp³-hybridized carbons (Fsp3) is 0.222. The highest BCUT2D eigenvalue weighted by Gasteiger charge is 2.15. The van der Waals surface area contributed by atoms with Crippen LogP contribution in [0.15, 0.2) is 53.0 Å². The van der Waals surface area contributed by atoms with Crippen LogP contribution in [0.4, 0.5) is 0 Å². The molecule has 0 fully saturated rings. The molecule has 5 heteroatoms. The van der Waals surface area contributed by atoms with Gasteiger partial charge < -0.3 is 9.47 Å². The molecule has 2 aromatic carbocycles. The lowest BCUT2D eigenvalue weighted by Crippen LogP contribution is -2.15. The Morgan fingerprint density at radius 3 is 2.43 bits per heavy atom. The number of para-hydroxylation sites is 1. The summed E-state index contributed by atoms with van der Waals surface area (Å²) in [6.45, 7) is 2.20. The summed E-state index contributed by atoms with van der Waals surface area (Å²) in [5, 5.41) is 0. The van der Waals surface area contributed by atoms with Crippen LogP contribution in [0.2, 0.25) is 0 Å². The molecule has 0 spiro atoms. The summed E-state index contributed by atoms with van der Waals surface area (Å²) in [6.07, 6.45) is 0.839. The van der Waals surface area contributed by atoms with Crippen molar-refractivity contribution in [3.8, 4) is 5.75 Å². The molecule has 120 valence electrons. The Morgan fingerprint density at radius 2 is 1.74 bits per heavy atom. The molecule has 0 saturated carbocycles. The van der Waals surface area contributed by atoms with E-state index in [-0.39, 0.29) is 12.4 Å². The number of rotatable bonds is 7. The van der Waals surface area contributed by atoms with Gasteiger partial charge in [0.15, 0.2) is 12.4 Å². The minimum absolute atomic E-state index is 0.252. The van der Waals surface area contributed by atoms with Gasteiger partial charge in [-0.15, -0.1) is 0 Å². The summed E-state index contributed by atoms with van der Waals surface area (Å²) in [6, 6.07) is 13.7. The topological polar surface area (TPSA) is 52.6 Å². The Labute approximate surface area is 143 Å². The summed E-state index contributed by atoms with van der Waals surface area (Å²) in [4.78, 5) is 24.2. The van der Waals surface area contributed by atoms with E-state index in [1.165, 1.54) is 0 Å². The number of benzene rings is 2. The lowest BCUT2D eigenvalue weighted by molar-refractivity contribution is 0.0470. The average molecular weight is 377 g/mol.